The third-order valence-electron chi connectivity index (χ3n) is 1.42. The van der Waals surface area contributed by atoms with Gasteiger partial charge in [0.25, 0.3) is 0 Å². The molecule has 0 unspecified atom stereocenters. The summed E-state index contributed by atoms with van der Waals surface area (Å²) in [5, 5.41) is 0. The highest BCUT2D eigenvalue weighted by Gasteiger charge is 1.88. The molecule has 0 bridgehead atoms. The first-order chi connectivity index (χ1) is 5.77. The first kappa shape index (κ1) is 11.0. The Hall–Kier alpha value is -1.05. The first-order valence-electron chi connectivity index (χ1n) is 4.32. The lowest BCUT2D eigenvalue weighted by molar-refractivity contribution is 0.594. The minimum absolute atomic E-state index is 0.778. The van der Waals surface area contributed by atoms with E-state index in [9.17, 15) is 0 Å². The number of nitrogens with two attached hydrogens (primary N) is 1. The Balaban J connectivity index is 3.37. The van der Waals surface area contributed by atoms with Crippen molar-refractivity contribution in [1.82, 2.24) is 0 Å². The molecule has 0 radical (unpaired) electrons. The molecule has 0 aliphatic rings. The molecule has 68 valence electrons. The monoisotopic (exact) mass is 166 g/mol. The van der Waals surface area contributed by atoms with Crippen molar-refractivity contribution in [2.24, 2.45) is 16.6 Å². The van der Waals surface area contributed by atoms with Crippen molar-refractivity contribution >= 4 is 6.34 Å². The van der Waals surface area contributed by atoms with Gasteiger partial charge in [-0.1, -0.05) is 26.0 Å². The van der Waals surface area contributed by atoms with Crippen molar-refractivity contribution < 1.29 is 0 Å². The Labute approximate surface area is 74.9 Å². The van der Waals surface area contributed by atoms with Crippen molar-refractivity contribution in [2.45, 2.75) is 26.7 Å². The van der Waals surface area contributed by atoms with Crippen LogP contribution >= 0.6 is 0 Å². The molecule has 0 fully saturated rings. The number of nitrogens with zero attached hydrogens (tertiary/aromatic N) is 1. The molecule has 0 aliphatic heterocycles. The van der Waals surface area contributed by atoms with Crippen molar-refractivity contribution in [3.63, 3.8) is 0 Å². The van der Waals surface area contributed by atoms with Gasteiger partial charge in [0.2, 0.25) is 0 Å². The van der Waals surface area contributed by atoms with E-state index in [0.29, 0.717) is 0 Å². The van der Waals surface area contributed by atoms with Crippen LogP contribution < -0.4 is 5.73 Å². The lowest BCUT2D eigenvalue weighted by Gasteiger charge is -1.97. The number of hydrogen-bond acceptors (Lipinski definition) is 1. The summed E-state index contributed by atoms with van der Waals surface area (Å²) in [7, 11) is 0. The van der Waals surface area contributed by atoms with Crippen LogP contribution in [0.15, 0.2) is 29.4 Å². The fourth-order valence-electron chi connectivity index (χ4n) is 0.753. The zero-order valence-corrected chi connectivity index (χ0v) is 7.90. The molecule has 0 aromatic rings. The van der Waals surface area contributed by atoms with E-state index in [1.54, 1.807) is 6.20 Å². The van der Waals surface area contributed by atoms with Crippen LogP contribution in [0, 0.1) is 5.92 Å². The second kappa shape index (κ2) is 8.05. The van der Waals surface area contributed by atoms with Gasteiger partial charge >= 0.3 is 0 Å². The molecule has 12 heavy (non-hydrogen) atoms. The van der Waals surface area contributed by atoms with Gasteiger partial charge in [-0.2, -0.15) is 0 Å². The fraction of sp³-hybridized carbons (Fsp3) is 0.500. The Morgan fingerprint density at radius 2 is 2.08 bits per heavy atom. The van der Waals surface area contributed by atoms with Crippen LogP contribution in [-0.4, -0.2) is 6.34 Å². The van der Waals surface area contributed by atoms with E-state index < -0.39 is 0 Å². The van der Waals surface area contributed by atoms with Gasteiger partial charge in [-0.15, -0.1) is 0 Å². The Morgan fingerprint density at radius 1 is 1.33 bits per heavy atom. The zero-order valence-electron chi connectivity index (χ0n) is 7.90. The summed E-state index contributed by atoms with van der Waals surface area (Å²) < 4.78 is 0. The highest BCUT2D eigenvalue weighted by molar-refractivity contribution is 5.52. The number of aliphatic imine (C=N–C) groups is 1. The van der Waals surface area contributed by atoms with Gasteiger partial charge in [0.05, 0.1) is 6.34 Å². The molecule has 0 heterocycles. The van der Waals surface area contributed by atoms with Gasteiger partial charge in [-0.3, -0.25) is 0 Å². The lowest BCUT2D eigenvalue weighted by Crippen LogP contribution is -1.85. The second-order valence-corrected chi connectivity index (χ2v) is 3.04. The molecule has 0 aromatic heterocycles. The van der Waals surface area contributed by atoms with Crippen LogP contribution in [0.3, 0.4) is 0 Å². The summed E-state index contributed by atoms with van der Waals surface area (Å²) in [6.07, 6.45) is 11.3. The van der Waals surface area contributed by atoms with E-state index in [1.807, 2.05) is 12.2 Å². The summed E-state index contributed by atoms with van der Waals surface area (Å²) in [6.45, 7) is 4.45. The normalized spacial score (nSPS) is 12.9. The van der Waals surface area contributed by atoms with Crippen LogP contribution in [-0.2, 0) is 0 Å². The van der Waals surface area contributed by atoms with E-state index >= 15 is 0 Å². The Morgan fingerprint density at radius 3 is 2.67 bits per heavy atom. The van der Waals surface area contributed by atoms with Crippen LogP contribution in [0.25, 0.3) is 0 Å². The molecular weight excluding hydrogens is 148 g/mol. The first-order valence-corrected chi connectivity index (χ1v) is 4.32. The van der Waals surface area contributed by atoms with Crippen molar-refractivity contribution in [2.75, 3.05) is 0 Å². The highest BCUT2D eigenvalue weighted by Crippen LogP contribution is 2.03. The maximum Gasteiger partial charge on any atom is 0.0852 e. The van der Waals surface area contributed by atoms with E-state index in [2.05, 4.69) is 24.9 Å². The summed E-state index contributed by atoms with van der Waals surface area (Å²) >= 11 is 0. The second-order valence-electron chi connectivity index (χ2n) is 3.04. The molecule has 2 heteroatoms. The average Bonchev–Trinajstić information content (AvgIpc) is 2.02. The molecule has 0 rings (SSSR count). The largest absolute Gasteiger partial charge is 0.390 e. The van der Waals surface area contributed by atoms with Gasteiger partial charge in [-0.25, -0.2) is 4.99 Å². The Bertz CT molecular complexity index is 167. The molecule has 0 aliphatic carbocycles. The average molecular weight is 166 g/mol. The summed E-state index contributed by atoms with van der Waals surface area (Å²) in [6, 6.07) is 0. The molecule has 2 nitrogen and oxygen atoms in total. The smallest absolute Gasteiger partial charge is 0.0852 e. The third-order valence-corrected chi connectivity index (χ3v) is 1.42. The van der Waals surface area contributed by atoms with Gasteiger partial charge in [0, 0.05) is 6.20 Å². The van der Waals surface area contributed by atoms with E-state index in [-0.39, 0.29) is 0 Å². The third kappa shape index (κ3) is 8.95. The maximum absolute atomic E-state index is 5.04. The van der Waals surface area contributed by atoms with E-state index in [0.717, 1.165) is 12.3 Å². The van der Waals surface area contributed by atoms with Crippen LogP contribution in [0.2, 0.25) is 0 Å². The molecule has 0 saturated heterocycles. The standard InChI is InChI=1S/C10H18N2/c1-10(2)7-5-3-4-6-8-12-9-11/h3-4,6,8-10H,5,7H2,1-2H3,(H2,11,12)/b4-3-,8-6-. The minimum atomic E-state index is 0.778. The quantitative estimate of drug-likeness (QED) is 0.380. The van der Waals surface area contributed by atoms with Crippen molar-refractivity contribution in [3.8, 4) is 0 Å². The number of allylic oxidation sites excluding steroid dienone is 3. The van der Waals surface area contributed by atoms with E-state index in [4.69, 9.17) is 5.73 Å². The van der Waals surface area contributed by atoms with Crippen LogP contribution in [0.5, 0.6) is 0 Å². The molecule has 0 saturated carbocycles. The Kier molecular flexibility index (Phi) is 7.35. The highest BCUT2D eigenvalue weighted by atomic mass is 14.8. The van der Waals surface area contributed by atoms with Crippen molar-refractivity contribution in [3.05, 3.63) is 24.4 Å². The molecule has 0 aromatic carbocycles. The molecule has 0 amide bonds. The van der Waals surface area contributed by atoms with Gasteiger partial charge in [0.1, 0.15) is 0 Å². The molecule has 0 spiro atoms. The van der Waals surface area contributed by atoms with Crippen LogP contribution in [0.4, 0.5) is 0 Å². The zero-order chi connectivity index (χ0) is 9.23. The number of rotatable bonds is 5. The fourth-order valence-corrected chi connectivity index (χ4v) is 0.753. The maximum atomic E-state index is 5.04. The SMILES string of the molecule is CC(C)CC\C=C/C=C\N=C/N. The van der Waals surface area contributed by atoms with Crippen LogP contribution in [0.1, 0.15) is 26.7 Å². The van der Waals surface area contributed by atoms with Gasteiger partial charge < -0.3 is 5.73 Å². The molecule has 2 N–H and O–H groups in total. The minimum Gasteiger partial charge on any atom is -0.390 e. The van der Waals surface area contributed by atoms with E-state index in [1.165, 1.54) is 12.8 Å². The summed E-state index contributed by atoms with van der Waals surface area (Å²) in [5.74, 6) is 0.778. The van der Waals surface area contributed by atoms with Gasteiger partial charge in [0.15, 0.2) is 0 Å². The van der Waals surface area contributed by atoms with Crippen molar-refractivity contribution in [1.29, 1.82) is 0 Å². The predicted molar refractivity (Wildman–Crippen MR) is 55.0 cm³/mol. The molecule has 0 atom stereocenters. The summed E-state index contributed by atoms with van der Waals surface area (Å²) in [5.41, 5.74) is 5.04. The summed E-state index contributed by atoms with van der Waals surface area (Å²) in [4.78, 5) is 3.73. The molecular formula is C10H18N2. The predicted octanol–water partition coefficient (Wildman–Crippen LogP) is 2.48. The topological polar surface area (TPSA) is 38.4 Å². The van der Waals surface area contributed by atoms with Gasteiger partial charge in [-0.05, 0) is 24.8 Å². The number of hydrogen-bond donors (Lipinski definition) is 1. The lowest BCUT2D eigenvalue weighted by atomic mass is 10.1.